The molecule has 9 heteroatoms. The van der Waals surface area contributed by atoms with Crippen LogP contribution in [-0.2, 0) is 17.8 Å². The number of nitrogens with one attached hydrogen (secondary N) is 2. The van der Waals surface area contributed by atoms with Crippen LogP contribution in [-0.4, -0.2) is 48.6 Å². The summed E-state index contributed by atoms with van der Waals surface area (Å²) in [7, 11) is 3.13. The molecule has 3 amide bonds. The molecule has 2 N–H and O–H groups in total. The van der Waals surface area contributed by atoms with Crippen LogP contribution >= 0.6 is 0 Å². The number of benzene rings is 2. The second kappa shape index (κ2) is 11.1. The Bertz CT molecular complexity index is 1220. The summed E-state index contributed by atoms with van der Waals surface area (Å²) in [5, 5.41) is 5.64. The molecule has 2 aromatic carbocycles. The summed E-state index contributed by atoms with van der Waals surface area (Å²) < 4.78 is 24.7. The molecule has 0 radical (unpaired) electrons. The lowest BCUT2D eigenvalue weighted by Crippen LogP contribution is -2.52. The maximum atomic E-state index is 13.7. The van der Waals surface area contributed by atoms with Gasteiger partial charge in [-0.3, -0.25) is 9.78 Å². The Labute approximate surface area is 209 Å². The first-order valence-electron chi connectivity index (χ1n) is 11.6. The van der Waals surface area contributed by atoms with E-state index in [0.717, 1.165) is 22.3 Å². The van der Waals surface area contributed by atoms with Crippen molar-refractivity contribution < 1.29 is 23.5 Å². The number of carbonyl (C=O) groups is 2. The van der Waals surface area contributed by atoms with Gasteiger partial charge in [-0.1, -0.05) is 12.1 Å². The van der Waals surface area contributed by atoms with Crippen molar-refractivity contribution in [2.75, 3.05) is 20.8 Å². The minimum atomic E-state index is -0.764. The molecule has 1 unspecified atom stereocenters. The number of halogens is 1. The molecule has 1 aliphatic rings. The quantitative estimate of drug-likeness (QED) is 0.526. The van der Waals surface area contributed by atoms with Crippen LogP contribution in [0.1, 0.15) is 35.2 Å². The van der Waals surface area contributed by atoms with Gasteiger partial charge in [0.2, 0.25) is 5.91 Å². The molecule has 0 saturated heterocycles. The zero-order valence-corrected chi connectivity index (χ0v) is 20.5. The summed E-state index contributed by atoms with van der Waals surface area (Å²) in [6.45, 7) is 2.37. The Morgan fingerprint density at radius 2 is 1.75 bits per heavy atom. The fourth-order valence-electron chi connectivity index (χ4n) is 4.35. The summed E-state index contributed by atoms with van der Waals surface area (Å²) in [6.07, 6.45) is 3.89. The predicted octanol–water partition coefficient (Wildman–Crippen LogP) is 3.60. The highest BCUT2D eigenvalue weighted by Gasteiger charge is 2.34. The predicted molar refractivity (Wildman–Crippen MR) is 132 cm³/mol. The third kappa shape index (κ3) is 5.40. The van der Waals surface area contributed by atoms with E-state index in [-0.39, 0.29) is 11.7 Å². The van der Waals surface area contributed by atoms with Crippen LogP contribution in [0.25, 0.3) is 0 Å². The van der Waals surface area contributed by atoms with E-state index in [1.807, 2.05) is 24.3 Å². The SMILES string of the molecule is COc1cc2c(cc1OC)C(c1ccc(F)cc1)N(C(=O)N[C@@H](C)C(=O)NCc1ccncc1)CC2. The second-order valence-corrected chi connectivity index (χ2v) is 8.55. The average molecular weight is 493 g/mol. The summed E-state index contributed by atoms with van der Waals surface area (Å²) in [5.41, 5.74) is 3.52. The highest BCUT2D eigenvalue weighted by molar-refractivity contribution is 5.87. The van der Waals surface area contributed by atoms with E-state index in [9.17, 15) is 14.0 Å². The van der Waals surface area contributed by atoms with Gasteiger partial charge in [0.05, 0.1) is 20.3 Å². The smallest absolute Gasteiger partial charge is 0.318 e. The molecule has 0 spiro atoms. The van der Waals surface area contributed by atoms with E-state index in [1.54, 1.807) is 50.6 Å². The van der Waals surface area contributed by atoms with E-state index in [2.05, 4.69) is 15.6 Å². The van der Waals surface area contributed by atoms with E-state index >= 15 is 0 Å². The van der Waals surface area contributed by atoms with Crippen molar-refractivity contribution in [2.24, 2.45) is 0 Å². The monoisotopic (exact) mass is 492 g/mol. The molecular weight excluding hydrogens is 463 g/mol. The first-order valence-corrected chi connectivity index (χ1v) is 11.6. The topological polar surface area (TPSA) is 92.8 Å². The van der Waals surface area contributed by atoms with Gasteiger partial charge in [0.1, 0.15) is 11.9 Å². The number of aromatic nitrogens is 1. The highest BCUT2D eigenvalue weighted by atomic mass is 19.1. The average Bonchev–Trinajstić information content (AvgIpc) is 2.91. The zero-order chi connectivity index (χ0) is 25.7. The van der Waals surface area contributed by atoms with Gasteiger partial charge >= 0.3 is 6.03 Å². The first kappa shape index (κ1) is 25.0. The van der Waals surface area contributed by atoms with E-state index in [4.69, 9.17) is 9.47 Å². The van der Waals surface area contributed by atoms with Crippen molar-refractivity contribution in [2.45, 2.75) is 32.0 Å². The lowest BCUT2D eigenvalue weighted by atomic mass is 9.88. The van der Waals surface area contributed by atoms with Crippen LogP contribution in [0, 0.1) is 5.82 Å². The summed E-state index contributed by atoms with van der Waals surface area (Å²) >= 11 is 0. The van der Waals surface area contributed by atoms with Gasteiger partial charge in [0, 0.05) is 25.5 Å². The van der Waals surface area contributed by atoms with Gasteiger partial charge < -0.3 is 25.0 Å². The number of hydrogen-bond donors (Lipinski definition) is 2. The highest BCUT2D eigenvalue weighted by Crippen LogP contribution is 2.41. The van der Waals surface area contributed by atoms with E-state index < -0.39 is 18.1 Å². The zero-order valence-electron chi connectivity index (χ0n) is 20.5. The molecule has 1 aromatic heterocycles. The minimum Gasteiger partial charge on any atom is -0.493 e. The van der Waals surface area contributed by atoms with Crippen molar-refractivity contribution in [3.63, 3.8) is 0 Å². The van der Waals surface area contributed by atoms with Crippen molar-refractivity contribution >= 4 is 11.9 Å². The molecular formula is C27H29FN4O4. The Morgan fingerprint density at radius 1 is 1.08 bits per heavy atom. The normalized spacial score (nSPS) is 15.4. The van der Waals surface area contributed by atoms with Gasteiger partial charge in [0.15, 0.2) is 11.5 Å². The number of pyridine rings is 1. The first-order chi connectivity index (χ1) is 17.4. The van der Waals surface area contributed by atoms with Crippen LogP contribution in [0.4, 0.5) is 9.18 Å². The molecule has 4 rings (SSSR count). The third-order valence-electron chi connectivity index (χ3n) is 6.27. The molecule has 0 fully saturated rings. The van der Waals surface area contributed by atoms with Crippen LogP contribution in [0.2, 0.25) is 0 Å². The Hall–Kier alpha value is -4.14. The number of rotatable bonds is 7. The molecule has 1 aliphatic heterocycles. The Kier molecular flexibility index (Phi) is 7.68. The molecule has 0 saturated carbocycles. The molecule has 3 aromatic rings. The number of ether oxygens (including phenoxy) is 2. The molecule has 188 valence electrons. The van der Waals surface area contributed by atoms with Gasteiger partial charge in [0.25, 0.3) is 0 Å². The number of methoxy groups -OCH3 is 2. The summed E-state index contributed by atoms with van der Waals surface area (Å²) in [4.78, 5) is 31.7. The molecule has 2 atom stereocenters. The molecule has 8 nitrogen and oxygen atoms in total. The van der Waals surface area contributed by atoms with Gasteiger partial charge in [-0.2, -0.15) is 0 Å². The van der Waals surface area contributed by atoms with Crippen molar-refractivity contribution in [3.05, 3.63) is 89.0 Å². The minimum absolute atomic E-state index is 0.303. The number of nitrogens with zero attached hydrogens (tertiary/aromatic N) is 2. The third-order valence-corrected chi connectivity index (χ3v) is 6.27. The number of urea groups is 1. The van der Waals surface area contributed by atoms with Crippen LogP contribution in [0.5, 0.6) is 11.5 Å². The van der Waals surface area contributed by atoms with Crippen molar-refractivity contribution in [1.29, 1.82) is 0 Å². The largest absolute Gasteiger partial charge is 0.493 e. The Balaban J connectivity index is 1.57. The van der Waals surface area contributed by atoms with Gasteiger partial charge in [-0.05, 0) is 72.0 Å². The number of fused-ring (bicyclic) bond motifs is 1. The Morgan fingerprint density at radius 3 is 2.42 bits per heavy atom. The lowest BCUT2D eigenvalue weighted by Gasteiger charge is -2.38. The van der Waals surface area contributed by atoms with E-state index in [0.29, 0.717) is 31.0 Å². The summed E-state index contributed by atoms with van der Waals surface area (Å²) in [5.74, 6) is 0.473. The lowest BCUT2D eigenvalue weighted by molar-refractivity contribution is -0.122. The van der Waals surface area contributed by atoms with E-state index in [1.165, 1.54) is 12.1 Å². The van der Waals surface area contributed by atoms with Gasteiger partial charge in [-0.15, -0.1) is 0 Å². The fraction of sp³-hybridized carbons (Fsp3) is 0.296. The van der Waals surface area contributed by atoms with Crippen molar-refractivity contribution in [3.8, 4) is 11.5 Å². The van der Waals surface area contributed by atoms with Crippen LogP contribution < -0.4 is 20.1 Å². The van der Waals surface area contributed by atoms with Crippen molar-refractivity contribution in [1.82, 2.24) is 20.5 Å². The number of hydrogen-bond acceptors (Lipinski definition) is 5. The summed E-state index contributed by atoms with van der Waals surface area (Å²) in [6, 6.07) is 11.8. The number of carbonyl (C=O) groups excluding carboxylic acids is 2. The second-order valence-electron chi connectivity index (χ2n) is 8.55. The standard InChI is InChI=1S/C27H29FN4O4/c1-17(26(33)30-16-18-8-11-29-12-9-18)31-27(34)32-13-10-20-14-23(35-2)24(36-3)15-22(20)25(32)19-4-6-21(28)7-5-19/h4-9,11-12,14-15,17,25H,10,13,16H2,1-3H3,(H,30,33)(H,31,34)/t17-,25?/m0/s1. The molecule has 36 heavy (non-hydrogen) atoms. The van der Waals surface area contributed by atoms with Gasteiger partial charge in [-0.25, -0.2) is 9.18 Å². The van der Waals surface area contributed by atoms with Crippen LogP contribution in [0.3, 0.4) is 0 Å². The molecule has 0 bridgehead atoms. The maximum absolute atomic E-state index is 13.7. The maximum Gasteiger partial charge on any atom is 0.318 e. The molecule has 0 aliphatic carbocycles. The van der Waals surface area contributed by atoms with Crippen LogP contribution in [0.15, 0.2) is 60.9 Å². The molecule has 2 heterocycles. The fourth-order valence-corrected chi connectivity index (χ4v) is 4.35. The number of amides is 3.